The van der Waals surface area contributed by atoms with Crippen LogP contribution < -0.4 is 15.1 Å². The van der Waals surface area contributed by atoms with Gasteiger partial charge in [-0.3, -0.25) is 19.3 Å². The van der Waals surface area contributed by atoms with Crippen molar-refractivity contribution < 1.29 is 23.2 Å². The molecule has 2 aromatic carbocycles. The molecule has 2 fully saturated rings. The van der Waals surface area contributed by atoms with Gasteiger partial charge in [0.05, 0.1) is 11.4 Å². The first-order valence-electron chi connectivity index (χ1n) is 13.8. The van der Waals surface area contributed by atoms with Gasteiger partial charge < -0.3 is 15.1 Å². The molecule has 1 amide bonds. The second-order valence-electron chi connectivity index (χ2n) is 10.7. The number of nitrogens with zero attached hydrogens (tertiary/aromatic N) is 3. The molecule has 0 aliphatic carbocycles. The Labute approximate surface area is 229 Å². The number of carbonyl (C=O) groups is 3. The Bertz CT molecular complexity index is 1200. The standard InChI is InChI=1S/C30H38F2N4O3/c1-4-20(2)30(39)25-16-27(32)29(17-24(25)21(3)38)36-13-11-34(12-14-36)18-22-7-9-35(10-8-22)28-6-5-23(33-19-37)15-26(28)31/h5-6,15-17,19-20,22H,4,7-14,18H2,1-3H3,(H,33,37). The number of carbonyl (C=O) groups excluding carboxylic acids is 3. The van der Waals surface area contributed by atoms with Gasteiger partial charge in [-0.15, -0.1) is 0 Å². The van der Waals surface area contributed by atoms with Crippen LogP contribution in [0.2, 0.25) is 0 Å². The van der Waals surface area contributed by atoms with Gasteiger partial charge in [0.15, 0.2) is 11.6 Å². The smallest absolute Gasteiger partial charge is 0.211 e. The molecule has 1 N–H and O–H groups in total. The number of benzene rings is 2. The lowest BCUT2D eigenvalue weighted by atomic mass is 9.91. The van der Waals surface area contributed by atoms with Gasteiger partial charge in [-0.2, -0.15) is 0 Å². The Kier molecular flexibility index (Phi) is 9.32. The minimum absolute atomic E-state index is 0.177. The van der Waals surface area contributed by atoms with Crippen LogP contribution in [0.25, 0.3) is 0 Å². The topological polar surface area (TPSA) is 73.0 Å². The predicted molar refractivity (Wildman–Crippen MR) is 150 cm³/mol. The second kappa shape index (κ2) is 12.7. The molecule has 2 aromatic rings. The summed E-state index contributed by atoms with van der Waals surface area (Å²) in [4.78, 5) is 42.1. The first-order valence-corrected chi connectivity index (χ1v) is 13.8. The van der Waals surface area contributed by atoms with Crippen LogP contribution in [0.5, 0.6) is 0 Å². The van der Waals surface area contributed by atoms with Crippen molar-refractivity contribution in [2.24, 2.45) is 11.8 Å². The van der Waals surface area contributed by atoms with E-state index in [1.807, 2.05) is 11.8 Å². The lowest BCUT2D eigenvalue weighted by Gasteiger charge is -2.40. The average Bonchev–Trinajstić information content (AvgIpc) is 2.93. The number of piperidine rings is 1. The third-order valence-corrected chi connectivity index (χ3v) is 8.15. The normalized spacial score (nSPS) is 17.7. The zero-order valence-corrected chi connectivity index (χ0v) is 23.0. The summed E-state index contributed by atoms with van der Waals surface area (Å²) in [6.07, 6.45) is 3.07. The number of piperazine rings is 1. The molecule has 2 saturated heterocycles. The number of amides is 1. The molecular formula is C30H38F2N4O3. The molecular weight excluding hydrogens is 502 g/mol. The van der Waals surface area contributed by atoms with Crippen molar-refractivity contribution in [3.8, 4) is 0 Å². The molecule has 210 valence electrons. The van der Waals surface area contributed by atoms with Gasteiger partial charge in [0.1, 0.15) is 11.6 Å². The molecule has 2 aliphatic rings. The van der Waals surface area contributed by atoms with E-state index in [9.17, 15) is 18.8 Å². The quantitative estimate of drug-likeness (QED) is 0.338. The number of hydrogen-bond acceptors (Lipinski definition) is 6. The van der Waals surface area contributed by atoms with Crippen LogP contribution in [0.4, 0.5) is 25.8 Å². The number of halogens is 2. The third kappa shape index (κ3) is 6.64. The number of Topliss-reactive ketones (excluding diaryl/α,β-unsaturated/α-hetero) is 2. The van der Waals surface area contributed by atoms with E-state index in [1.165, 1.54) is 19.1 Å². The molecule has 0 saturated carbocycles. The lowest BCUT2D eigenvalue weighted by Crippen LogP contribution is -2.49. The molecule has 9 heteroatoms. The van der Waals surface area contributed by atoms with Crippen molar-refractivity contribution in [1.82, 2.24) is 4.90 Å². The van der Waals surface area contributed by atoms with Gasteiger partial charge >= 0.3 is 0 Å². The Morgan fingerprint density at radius 3 is 2.18 bits per heavy atom. The van der Waals surface area contributed by atoms with E-state index in [-0.39, 0.29) is 34.4 Å². The number of anilines is 3. The molecule has 1 atom stereocenters. The van der Waals surface area contributed by atoms with E-state index in [1.54, 1.807) is 25.1 Å². The number of rotatable bonds is 10. The fourth-order valence-electron chi connectivity index (χ4n) is 5.56. The number of ketones is 2. The molecule has 4 rings (SSSR count). The largest absolute Gasteiger partial charge is 0.369 e. The first-order chi connectivity index (χ1) is 18.7. The lowest BCUT2D eigenvalue weighted by molar-refractivity contribution is -0.105. The van der Waals surface area contributed by atoms with Gasteiger partial charge in [0.2, 0.25) is 6.41 Å². The Morgan fingerprint density at radius 2 is 1.59 bits per heavy atom. The molecule has 7 nitrogen and oxygen atoms in total. The highest BCUT2D eigenvalue weighted by molar-refractivity contribution is 6.09. The molecule has 39 heavy (non-hydrogen) atoms. The highest BCUT2D eigenvalue weighted by Gasteiger charge is 2.28. The molecule has 0 spiro atoms. The highest BCUT2D eigenvalue weighted by Crippen LogP contribution is 2.30. The van der Waals surface area contributed by atoms with Gasteiger partial charge in [0, 0.05) is 68.5 Å². The minimum Gasteiger partial charge on any atom is -0.369 e. The summed E-state index contributed by atoms with van der Waals surface area (Å²) in [5, 5.41) is 2.47. The van der Waals surface area contributed by atoms with Crippen molar-refractivity contribution in [3.63, 3.8) is 0 Å². The van der Waals surface area contributed by atoms with E-state index in [4.69, 9.17) is 0 Å². The van der Waals surface area contributed by atoms with Gasteiger partial charge in [-0.05, 0) is 62.4 Å². The summed E-state index contributed by atoms with van der Waals surface area (Å²) >= 11 is 0. The Morgan fingerprint density at radius 1 is 0.949 bits per heavy atom. The van der Waals surface area contributed by atoms with Crippen LogP contribution >= 0.6 is 0 Å². The zero-order valence-electron chi connectivity index (χ0n) is 23.0. The Balaban J connectivity index is 1.32. The first kappa shape index (κ1) is 28.7. The van der Waals surface area contributed by atoms with E-state index in [2.05, 4.69) is 15.1 Å². The number of nitrogens with one attached hydrogen (secondary N) is 1. The third-order valence-electron chi connectivity index (χ3n) is 8.15. The highest BCUT2D eigenvalue weighted by atomic mass is 19.1. The maximum atomic E-state index is 15.2. The molecule has 0 radical (unpaired) electrons. The van der Waals surface area contributed by atoms with Crippen molar-refractivity contribution >= 4 is 35.0 Å². The van der Waals surface area contributed by atoms with Gasteiger partial charge in [0.25, 0.3) is 0 Å². The average molecular weight is 541 g/mol. The molecule has 2 aliphatic heterocycles. The summed E-state index contributed by atoms with van der Waals surface area (Å²) in [6, 6.07) is 7.56. The molecule has 2 heterocycles. The van der Waals surface area contributed by atoms with Crippen LogP contribution in [0.3, 0.4) is 0 Å². The zero-order chi connectivity index (χ0) is 28.1. The monoisotopic (exact) mass is 540 g/mol. The van der Waals surface area contributed by atoms with Gasteiger partial charge in [-0.1, -0.05) is 13.8 Å². The van der Waals surface area contributed by atoms with E-state index >= 15 is 4.39 Å². The van der Waals surface area contributed by atoms with Crippen molar-refractivity contribution in [3.05, 3.63) is 53.1 Å². The maximum Gasteiger partial charge on any atom is 0.211 e. The summed E-state index contributed by atoms with van der Waals surface area (Å²) < 4.78 is 29.7. The van der Waals surface area contributed by atoms with Crippen LogP contribution in [-0.4, -0.2) is 68.7 Å². The number of hydrogen-bond donors (Lipinski definition) is 1. The molecule has 0 bridgehead atoms. The predicted octanol–water partition coefficient (Wildman–Crippen LogP) is 5.00. The second-order valence-corrected chi connectivity index (χ2v) is 10.7. The van der Waals surface area contributed by atoms with Crippen molar-refractivity contribution in [1.29, 1.82) is 0 Å². The SMILES string of the molecule is CCC(C)C(=O)c1cc(F)c(N2CCN(CC3CCN(c4ccc(NC=O)cc4F)CC3)CC2)cc1C(C)=O. The van der Waals surface area contributed by atoms with E-state index in [0.717, 1.165) is 45.6 Å². The van der Waals surface area contributed by atoms with Crippen molar-refractivity contribution in [2.75, 3.05) is 60.9 Å². The van der Waals surface area contributed by atoms with Crippen LogP contribution in [0, 0.1) is 23.5 Å². The van der Waals surface area contributed by atoms with Crippen LogP contribution in [0.15, 0.2) is 30.3 Å². The van der Waals surface area contributed by atoms with Crippen LogP contribution in [0.1, 0.15) is 60.7 Å². The minimum atomic E-state index is -0.463. The van der Waals surface area contributed by atoms with E-state index < -0.39 is 5.82 Å². The van der Waals surface area contributed by atoms with E-state index in [0.29, 0.717) is 48.9 Å². The fourth-order valence-corrected chi connectivity index (χ4v) is 5.56. The fraction of sp³-hybridized carbons (Fsp3) is 0.500. The molecule has 0 aromatic heterocycles. The molecule has 1 unspecified atom stereocenters. The van der Waals surface area contributed by atoms with Crippen molar-refractivity contribution in [2.45, 2.75) is 40.0 Å². The maximum absolute atomic E-state index is 15.2. The summed E-state index contributed by atoms with van der Waals surface area (Å²) in [7, 11) is 0. The summed E-state index contributed by atoms with van der Waals surface area (Å²) in [5.74, 6) is -1.00. The van der Waals surface area contributed by atoms with Crippen LogP contribution in [-0.2, 0) is 4.79 Å². The van der Waals surface area contributed by atoms with Gasteiger partial charge in [-0.25, -0.2) is 8.78 Å². The Hall–Kier alpha value is -3.33. The summed E-state index contributed by atoms with van der Waals surface area (Å²) in [6.45, 7) is 10.4. The summed E-state index contributed by atoms with van der Waals surface area (Å²) in [5.41, 5.74) is 1.84.